The molecule has 0 saturated heterocycles. The van der Waals surface area contributed by atoms with Crippen LogP contribution in [0.25, 0.3) is 0 Å². The maximum absolute atomic E-state index is 13.5. The molecule has 1 N–H and O–H groups in total. The lowest BCUT2D eigenvalue weighted by molar-refractivity contribution is 0.164. The minimum absolute atomic E-state index is 0.206. The molecule has 2 aromatic rings. The standard InChI is InChI=1S/C17H18F2O/c1-12-2-4-13(5-3-12)6-9-16(20)10-14-7-8-15(18)11-17(14)19/h2-5,7-8,11,16,20H,6,9-10H2,1H3. The van der Waals surface area contributed by atoms with Crippen LogP contribution in [0.2, 0.25) is 0 Å². The third-order valence-electron chi connectivity index (χ3n) is 3.36. The molecule has 2 rings (SSSR count). The van der Waals surface area contributed by atoms with Crippen LogP contribution in [0.15, 0.2) is 42.5 Å². The van der Waals surface area contributed by atoms with Crippen LogP contribution in [0.3, 0.4) is 0 Å². The van der Waals surface area contributed by atoms with E-state index < -0.39 is 17.7 Å². The molecule has 0 saturated carbocycles. The predicted octanol–water partition coefficient (Wildman–Crippen LogP) is 3.81. The zero-order valence-electron chi connectivity index (χ0n) is 11.4. The van der Waals surface area contributed by atoms with Gasteiger partial charge in [0.2, 0.25) is 0 Å². The maximum Gasteiger partial charge on any atom is 0.129 e. The summed E-state index contributed by atoms with van der Waals surface area (Å²) >= 11 is 0. The highest BCUT2D eigenvalue weighted by molar-refractivity contribution is 5.22. The lowest BCUT2D eigenvalue weighted by Gasteiger charge is -2.11. The van der Waals surface area contributed by atoms with E-state index in [2.05, 4.69) is 0 Å². The molecule has 0 radical (unpaired) electrons. The third kappa shape index (κ3) is 4.14. The highest BCUT2D eigenvalue weighted by atomic mass is 19.1. The number of hydrogen-bond acceptors (Lipinski definition) is 1. The van der Waals surface area contributed by atoms with Crippen molar-refractivity contribution in [1.82, 2.24) is 0 Å². The predicted molar refractivity (Wildman–Crippen MR) is 75.6 cm³/mol. The van der Waals surface area contributed by atoms with Crippen LogP contribution in [-0.2, 0) is 12.8 Å². The molecule has 0 aromatic heterocycles. The van der Waals surface area contributed by atoms with Gasteiger partial charge in [-0.15, -0.1) is 0 Å². The van der Waals surface area contributed by atoms with E-state index >= 15 is 0 Å². The SMILES string of the molecule is Cc1ccc(CCC(O)Cc2ccc(F)cc2F)cc1. The molecule has 0 heterocycles. The fourth-order valence-corrected chi connectivity index (χ4v) is 2.13. The van der Waals surface area contributed by atoms with Crippen molar-refractivity contribution in [2.75, 3.05) is 0 Å². The van der Waals surface area contributed by atoms with Crippen molar-refractivity contribution in [3.8, 4) is 0 Å². The van der Waals surface area contributed by atoms with Crippen LogP contribution in [-0.4, -0.2) is 11.2 Å². The van der Waals surface area contributed by atoms with Gasteiger partial charge in [-0.25, -0.2) is 8.78 Å². The average Bonchev–Trinajstić information content (AvgIpc) is 2.41. The van der Waals surface area contributed by atoms with Gasteiger partial charge in [0.1, 0.15) is 11.6 Å². The maximum atomic E-state index is 13.5. The minimum Gasteiger partial charge on any atom is -0.393 e. The van der Waals surface area contributed by atoms with Gasteiger partial charge in [0.15, 0.2) is 0 Å². The second-order valence-electron chi connectivity index (χ2n) is 5.12. The molecule has 1 unspecified atom stereocenters. The Labute approximate surface area is 117 Å². The van der Waals surface area contributed by atoms with E-state index in [-0.39, 0.29) is 6.42 Å². The Hall–Kier alpha value is -1.74. The van der Waals surface area contributed by atoms with E-state index in [0.717, 1.165) is 18.1 Å². The van der Waals surface area contributed by atoms with Crippen molar-refractivity contribution in [1.29, 1.82) is 0 Å². The lowest BCUT2D eigenvalue weighted by Crippen LogP contribution is -2.12. The first-order valence-corrected chi connectivity index (χ1v) is 6.72. The molecule has 0 fully saturated rings. The van der Waals surface area contributed by atoms with Gasteiger partial charge in [0.05, 0.1) is 6.10 Å². The number of halogens is 2. The highest BCUT2D eigenvalue weighted by Crippen LogP contribution is 2.14. The fourth-order valence-electron chi connectivity index (χ4n) is 2.13. The van der Waals surface area contributed by atoms with Crippen molar-refractivity contribution in [2.45, 2.75) is 32.3 Å². The molecule has 3 heteroatoms. The Kier molecular flexibility index (Phi) is 4.85. The van der Waals surface area contributed by atoms with Gasteiger partial charge >= 0.3 is 0 Å². The van der Waals surface area contributed by atoms with E-state index in [4.69, 9.17) is 0 Å². The van der Waals surface area contributed by atoms with Crippen molar-refractivity contribution in [3.05, 3.63) is 70.8 Å². The van der Waals surface area contributed by atoms with E-state index in [1.165, 1.54) is 17.7 Å². The van der Waals surface area contributed by atoms with Crippen LogP contribution in [0.5, 0.6) is 0 Å². The summed E-state index contributed by atoms with van der Waals surface area (Å²) in [6.07, 6.45) is 0.874. The van der Waals surface area contributed by atoms with Gasteiger partial charge in [0, 0.05) is 12.5 Å². The summed E-state index contributed by atoms with van der Waals surface area (Å²) in [7, 11) is 0. The Morgan fingerprint density at radius 3 is 2.40 bits per heavy atom. The molecule has 0 amide bonds. The van der Waals surface area contributed by atoms with Gasteiger partial charge < -0.3 is 5.11 Å². The lowest BCUT2D eigenvalue weighted by atomic mass is 10.0. The molecule has 0 bridgehead atoms. The average molecular weight is 276 g/mol. The summed E-state index contributed by atoms with van der Waals surface area (Å²) in [5, 5.41) is 9.95. The summed E-state index contributed by atoms with van der Waals surface area (Å²) in [4.78, 5) is 0. The molecular weight excluding hydrogens is 258 g/mol. The quantitative estimate of drug-likeness (QED) is 0.880. The van der Waals surface area contributed by atoms with Gasteiger partial charge in [-0.2, -0.15) is 0 Å². The topological polar surface area (TPSA) is 20.2 Å². The number of benzene rings is 2. The molecular formula is C17H18F2O. The van der Waals surface area contributed by atoms with Crippen LogP contribution < -0.4 is 0 Å². The molecule has 1 atom stereocenters. The number of aliphatic hydroxyl groups excluding tert-OH is 1. The Morgan fingerprint density at radius 1 is 1.05 bits per heavy atom. The van der Waals surface area contributed by atoms with Crippen molar-refractivity contribution in [2.24, 2.45) is 0 Å². The highest BCUT2D eigenvalue weighted by Gasteiger charge is 2.10. The smallest absolute Gasteiger partial charge is 0.129 e. The van der Waals surface area contributed by atoms with E-state index in [1.807, 2.05) is 31.2 Å². The second-order valence-corrected chi connectivity index (χ2v) is 5.12. The van der Waals surface area contributed by atoms with Crippen LogP contribution in [0, 0.1) is 18.6 Å². The van der Waals surface area contributed by atoms with E-state index in [9.17, 15) is 13.9 Å². The Bertz CT molecular complexity index is 564. The van der Waals surface area contributed by atoms with Crippen LogP contribution >= 0.6 is 0 Å². The van der Waals surface area contributed by atoms with Gasteiger partial charge in [0.25, 0.3) is 0 Å². The molecule has 0 aliphatic heterocycles. The molecule has 20 heavy (non-hydrogen) atoms. The minimum atomic E-state index is -0.628. The van der Waals surface area contributed by atoms with Gasteiger partial charge in [-0.3, -0.25) is 0 Å². The fraction of sp³-hybridized carbons (Fsp3) is 0.294. The second kappa shape index (κ2) is 6.62. The molecule has 0 spiro atoms. The zero-order valence-corrected chi connectivity index (χ0v) is 11.4. The molecule has 0 aliphatic rings. The van der Waals surface area contributed by atoms with Crippen LogP contribution in [0.4, 0.5) is 8.78 Å². The van der Waals surface area contributed by atoms with Crippen molar-refractivity contribution in [3.63, 3.8) is 0 Å². The number of aliphatic hydroxyl groups is 1. The normalized spacial score (nSPS) is 12.4. The number of rotatable bonds is 5. The molecule has 0 aliphatic carbocycles. The summed E-state index contributed by atoms with van der Waals surface area (Å²) in [6, 6.07) is 11.6. The monoisotopic (exact) mass is 276 g/mol. The number of aryl methyl sites for hydroxylation is 2. The summed E-state index contributed by atoms with van der Waals surface area (Å²) in [6.45, 7) is 2.02. The van der Waals surface area contributed by atoms with Gasteiger partial charge in [-0.1, -0.05) is 35.9 Å². The van der Waals surface area contributed by atoms with Crippen molar-refractivity contribution < 1.29 is 13.9 Å². The van der Waals surface area contributed by atoms with Crippen LogP contribution in [0.1, 0.15) is 23.1 Å². The molecule has 1 nitrogen and oxygen atoms in total. The first-order chi connectivity index (χ1) is 9.54. The first kappa shape index (κ1) is 14.7. The number of hydrogen-bond donors (Lipinski definition) is 1. The largest absolute Gasteiger partial charge is 0.393 e. The molecule has 106 valence electrons. The van der Waals surface area contributed by atoms with E-state index in [1.54, 1.807) is 0 Å². The summed E-state index contributed by atoms with van der Waals surface area (Å²) in [5.41, 5.74) is 2.69. The molecule has 2 aromatic carbocycles. The van der Waals surface area contributed by atoms with Gasteiger partial charge in [-0.05, 0) is 37.0 Å². The summed E-state index contributed by atoms with van der Waals surface area (Å²) < 4.78 is 26.3. The summed E-state index contributed by atoms with van der Waals surface area (Å²) in [5.74, 6) is -1.19. The Balaban J connectivity index is 1.89. The van der Waals surface area contributed by atoms with E-state index in [0.29, 0.717) is 12.0 Å². The third-order valence-corrected chi connectivity index (χ3v) is 3.36. The van der Waals surface area contributed by atoms with Crippen molar-refractivity contribution >= 4 is 0 Å². The first-order valence-electron chi connectivity index (χ1n) is 6.72. The zero-order chi connectivity index (χ0) is 14.5. The Morgan fingerprint density at radius 2 is 1.75 bits per heavy atom.